The Morgan fingerprint density at radius 1 is 1.14 bits per heavy atom. The summed E-state index contributed by atoms with van der Waals surface area (Å²) in [6.45, 7) is 6.01. The summed E-state index contributed by atoms with van der Waals surface area (Å²) in [5.41, 5.74) is 3.62. The van der Waals surface area contributed by atoms with E-state index in [1.165, 1.54) is 36.2 Å². The van der Waals surface area contributed by atoms with E-state index in [0.29, 0.717) is 12.1 Å². The SMILES string of the molecule is CCCc1nc2cc(C)ccc2n1C1CCN(C(=O)NC2CCCCC2)CC1. The van der Waals surface area contributed by atoms with E-state index in [1.807, 2.05) is 4.90 Å². The van der Waals surface area contributed by atoms with E-state index >= 15 is 0 Å². The summed E-state index contributed by atoms with van der Waals surface area (Å²) < 4.78 is 2.47. The van der Waals surface area contributed by atoms with Gasteiger partial charge in [0, 0.05) is 31.6 Å². The van der Waals surface area contributed by atoms with Crippen LogP contribution in [-0.4, -0.2) is 39.6 Å². The molecular weight excluding hydrogens is 348 g/mol. The van der Waals surface area contributed by atoms with Crippen molar-refractivity contribution in [1.29, 1.82) is 0 Å². The summed E-state index contributed by atoms with van der Waals surface area (Å²) in [5.74, 6) is 1.20. The van der Waals surface area contributed by atoms with Gasteiger partial charge >= 0.3 is 6.03 Å². The molecule has 152 valence electrons. The number of carbonyl (C=O) groups excluding carboxylic acids is 1. The van der Waals surface area contributed by atoms with Crippen molar-refractivity contribution >= 4 is 17.1 Å². The van der Waals surface area contributed by atoms with Crippen LogP contribution in [0, 0.1) is 6.92 Å². The van der Waals surface area contributed by atoms with Gasteiger partial charge in [-0.1, -0.05) is 32.3 Å². The molecule has 1 saturated heterocycles. The van der Waals surface area contributed by atoms with Gasteiger partial charge in [-0.15, -0.1) is 0 Å². The molecule has 2 fully saturated rings. The summed E-state index contributed by atoms with van der Waals surface area (Å²) in [6, 6.07) is 7.56. The summed E-state index contributed by atoms with van der Waals surface area (Å²) in [6.07, 6.45) is 10.2. The number of likely N-dealkylation sites (tertiary alicyclic amines) is 1. The molecule has 0 bridgehead atoms. The zero-order valence-electron chi connectivity index (χ0n) is 17.4. The molecule has 2 amide bonds. The number of carbonyl (C=O) groups is 1. The average molecular weight is 383 g/mol. The van der Waals surface area contributed by atoms with Gasteiger partial charge in [0.1, 0.15) is 5.82 Å². The van der Waals surface area contributed by atoms with Crippen LogP contribution in [0.25, 0.3) is 11.0 Å². The van der Waals surface area contributed by atoms with E-state index in [9.17, 15) is 4.79 Å². The highest BCUT2D eigenvalue weighted by atomic mass is 16.2. The third kappa shape index (κ3) is 4.03. The van der Waals surface area contributed by atoms with Gasteiger partial charge < -0.3 is 14.8 Å². The highest BCUT2D eigenvalue weighted by molar-refractivity contribution is 5.77. The number of rotatable bonds is 4. The summed E-state index contributed by atoms with van der Waals surface area (Å²) in [5, 5.41) is 3.27. The van der Waals surface area contributed by atoms with Crippen LogP contribution in [0.4, 0.5) is 4.79 Å². The van der Waals surface area contributed by atoms with Crippen LogP contribution < -0.4 is 5.32 Å². The fourth-order valence-corrected chi connectivity index (χ4v) is 4.91. The van der Waals surface area contributed by atoms with Crippen LogP contribution >= 0.6 is 0 Å². The molecule has 0 atom stereocenters. The maximum atomic E-state index is 12.7. The number of piperidine rings is 1. The van der Waals surface area contributed by atoms with Gasteiger partial charge in [0.15, 0.2) is 0 Å². The highest BCUT2D eigenvalue weighted by Crippen LogP contribution is 2.30. The first kappa shape index (κ1) is 19.3. The van der Waals surface area contributed by atoms with Gasteiger partial charge in [-0.2, -0.15) is 0 Å². The lowest BCUT2D eigenvalue weighted by molar-refractivity contribution is 0.165. The fraction of sp³-hybridized carbons (Fsp3) is 0.652. The van der Waals surface area contributed by atoms with Crippen molar-refractivity contribution in [3.05, 3.63) is 29.6 Å². The Balaban J connectivity index is 1.44. The molecule has 0 radical (unpaired) electrons. The van der Waals surface area contributed by atoms with Crippen LogP contribution in [0.15, 0.2) is 18.2 Å². The molecule has 1 saturated carbocycles. The van der Waals surface area contributed by atoms with Crippen molar-refractivity contribution < 1.29 is 4.79 Å². The first-order valence-electron chi connectivity index (χ1n) is 11.2. The number of hydrogen-bond acceptors (Lipinski definition) is 2. The van der Waals surface area contributed by atoms with E-state index in [2.05, 4.69) is 41.9 Å². The van der Waals surface area contributed by atoms with Crippen LogP contribution in [0.1, 0.15) is 75.7 Å². The minimum absolute atomic E-state index is 0.144. The van der Waals surface area contributed by atoms with Gasteiger partial charge in [-0.3, -0.25) is 0 Å². The molecule has 0 spiro atoms. The van der Waals surface area contributed by atoms with E-state index in [0.717, 1.165) is 57.1 Å². The first-order valence-corrected chi connectivity index (χ1v) is 11.2. The zero-order valence-corrected chi connectivity index (χ0v) is 17.4. The molecule has 4 rings (SSSR count). The Labute approximate surface area is 168 Å². The Morgan fingerprint density at radius 2 is 1.89 bits per heavy atom. The largest absolute Gasteiger partial charge is 0.335 e. The van der Waals surface area contributed by atoms with Gasteiger partial charge in [0.05, 0.1) is 11.0 Å². The Morgan fingerprint density at radius 3 is 2.61 bits per heavy atom. The minimum Gasteiger partial charge on any atom is -0.335 e. The van der Waals surface area contributed by atoms with Crippen LogP contribution in [-0.2, 0) is 6.42 Å². The molecule has 2 aliphatic rings. The van der Waals surface area contributed by atoms with Gasteiger partial charge in [-0.25, -0.2) is 9.78 Å². The number of hydrogen-bond donors (Lipinski definition) is 1. The topological polar surface area (TPSA) is 50.2 Å². The summed E-state index contributed by atoms with van der Waals surface area (Å²) in [4.78, 5) is 19.6. The molecule has 2 heterocycles. The molecule has 1 N–H and O–H groups in total. The van der Waals surface area contributed by atoms with Gasteiger partial charge in [0.25, 0.3) is 0 Å². The zero-order chi connectivity index (χ0) is 19.5. The molecule has 1 aromatic heterocycles. The third-order valence-corrected chi connectivity index (χ3v) is 6.44. The molecule has 5 nitrogen and oxygen atoms in total. The number of aryl methyl sites for hydroxylation is 2. The van der Waals surface area contributed by atoms with Crippen molar-refractivity contribution in [3.63, 3.8) is 0 Å². The number of imidazole rings is 1. The molecule has 0 unspecified atom stereocenters. The highest BCUT2D eigenvalue weighted by Gasteiger charge is 2.27. The van der Waals surface area contributed by atoms with Gasteiger partial charge in [0.2, 0.25) is 0 Å². The number of urea groups is 1. The summed E-state index contributed by atoms with van der Waals surface area (Å²) >= 11 is 0. The standard InChI is InChI=1S/C23H34N4O/c1-3-7-22-25-20-16-17(2)10-11-21(20)27(22)19-12-14-26(15-13-19)23(28)24-18-8-5-4-6-9-18/h10-11,16,18-19H,3-9,12-15H2,1-2H3,(H,24,28). The fourth-order valence-electron chi connectivity index (χ4n) is 4.91. The van der Waals surface area contributed by atoms with E-state index in [-0.39, 0.29) is 6.03 Å². The van der Waals surface area contributed by atoms with Crippen molar-refractivity contribution in [2.45, 2.75) is 83.7 Å². The maximum absolute atomic E-state index is 12.7. The van der Waals surface area contributed by atoms with Crippen molar-refractivity contribution in [2.24, 2.45) is 0 Å². The maximum Gasteiger partial charge on any atom is 0.317 e. The minimum atomic E-state index is 0.144. The number of benzene rings is 1. The van der Waals surface area contributed by atoms with Crippen LogP contribution in [0.2, 0.25) is 0 Å². The number of fused-ring (bicyclic) bond motifs is 1. The number of aromatic nitrogens is 2. The van der Waals surface area contributed by atoms with Crippen LogP contribution in [0.5, 0.6) is 0 Å². The van der Waals surface area contributed by atoms with E-state index in [4.69, 9.17) is 4.98 Å². The van der Waals surface area contributed by atoms with E-state index in [1.54, 1.807) is 0 Å². The Hall–Kier alpha value is -2.04. The molecular formula is C23H34N4O. The molecule has 1 aromatic carbocycles. The number of amides is 2. The van der Waals surface area contributed by atoms with Crippen LogP contribution in [0.3, 0.4) is 0 Å². The number of nitrogens with one attached hydrogen (secondary N) is 1. The van der Waals surface area contributed by atoms with Crippen molar-refractivity contribution in [1.82, 2.24) is 19.8 Å². The second kappa shape index (κ2) is 8.54. The molecule has 28 heavy (non-hydrogen) atoms. The lowest BCUT2D eigenvalue weighted by atomic mass is 9.95. The second-order valence-electron chi connectivity index (χ2n) is 8.64. The van der Waals surface area contributed by atoms with Crippen molar-refractivity contribution in [2.75, 3.05) is 13.1 Å². The van der Waals surface area contributed by atoms with E-state index < -0.39 is 0 Å². The second-order valence-corrected chi connectivity index (χ2v) is 8.64. The lowest BCUT2D eigenvalue weighted by Crippen LogP contribution is -2.48. The molecule has 1 aliphatic heterocycles. The predicted molar refractivity (Wildman–Crippen MR) is 114 cm³/mol. The average Bonchev–Trinajstić information content (AvgIpc) is 3.06. The quantitative estimate of drug-likeness (QED) is 0.811. The molecule has 1 aliphatic carbocycles. The normalized spacial score (nSPS) is 19.3. The predicted octanol–water partition coefficient (Wildman–Crippen LogP) is 4.98. The monoisotopic (exact) mass is 382 g/mol. The molecule has 5 heteroatoms. The first-order chi connectivity index (χ1) is 13.7. The van der Waals surface area contributed by atoms with Gasteiger partial charge in [-0.05, 0) is 56.7 Å². The summed E-state index contributed by atoms with van der Waals surface area (Å²) in [7, 11) is 0. The van der Waals surface area contributed by atoms with Crippen molar-refractivity contribution in [3.8, 4) is 0 Å². The molecule has 2 aromatic rings. The number of nitrogens with zero attached hydrogens (tertiary/aromatic N) is 3. The Kier molecular flexibility index (Phi) is 5.88. The smallest absolute Gasteiger partial charge is 0.317 e. The Bertz CT molecular complexity index is 813. The third-order valence-electron chi connectivity index (χ3n) is 6.44. The lowest BCUT2D eigenvalue weighted by Gasteiger charge is -2.35.